The summed E-state index contributed by atoms with van der Waals surface area (Å²) in [5.41, 5.74) is 0.644. The highest BCUT2D eigenvalue weighted by molar-refractivity contribution is 6.30. The molecule has 4 nitrogen and oxygen atoms in total. The third-order valence-corrected chi connectivity index (χ3v) is 3.36. The molecule has 0 bridgehead atoms. The Bertz CT molecular complexity index is 513. The van der Waals surface area contributed by atoms with E-state index in [1.54, 1.807) is 18.2 Å². The Morgan fingerprint density at radius 1 is 1.55 bits per heavy atom. The van der Waals surface area contributed by atoms with Gasteiger partial charge < -0.3 is 14.6 Å². The van der Waals surface area contributed by atoms with E-state index in [4.69, 9.17) is 26.2 Å². The Labute approximate surface area is 123 Å². The molecule has 1 aliphatic heterocycles. The van der Waals surface area contributed by atoms with Crippen molar-refractivity contribution < 1.29 is 19.4 Å². The number of aliphatic carboxylic acids is 1. The van der Waals surface area contributed by atoms with Gasteiger partial charge in [0, 0.05) is 16.7 Å². The summed E-state index contributed by atoms with van der Waals surface area (Å²) in [6, 6.07) is 5.13. The van der Waals surface area contributed by atoms with Crippen molar-refractivity contribution in [1.29, 1.82) is 0 Å². The highest BCUT2D eigenvalue weighted by Gasteiger charge is 2.22. The average Bonchev–Trinajstić information content (AvgIpc) is 2.81. The molecule has 1 fully saturated rings. The summed E-state index contributed by atoms with van der Waals surface area (Å²) in [6.07, 6.45) is 4.93. The Hall–Kier alpha value is -1.52. The van der Waals surface area contributed by atoms with Gasteiger partial charge in [-0.15, -0.1) is 0 Å². The Morgan fingerprint density at radius 2 is 2.35 bits per heavy atom. The maximum absolute atomic E-state index is 10.6. The first kappa shape index (κ1) is 14.9. The molecule has 0 aromatic heterocycles. The lowest BCUT2D eigenvalue weighted by Gasteiger charge is -2.14. The first-order valence-electron chi connectivity index (χ1n) is 6.53. The van der Waals surface area contributed by atoms with Gasteiger partial charge in [-0.25, -0.2) is 4.79 Å². The third-order valence-electron chi connectivity index (χ3n) is 3.12. The molecular weight excluding hydrogens is 280 g/mol. The van der Waals surface area contributed by atoms with Gasteiger partial charge in [-0.3, -0.25) is 0 Å². The van der Waals surface area contributed by atoms with Gasteiger partial charge in [0.15, 0.2) is 0 Å². The molecule has 0 amide bonds. The van der Waals surface area contributed by atoms with Crippen LogP contribution in [0.25, 0.3) is 6.08 Å². The topological polar surface area (TPSA) is 55.8 Å². The minimum absolute atomic E-state index is 0.0944. The van der Waals surface area contributed by atoms with E-state index in [2.05, 4.69) is 0 Å². The molecule has 108 valence electrons. The lowest BCUT2D eigenvalue weighted by Crippen LogP contribution is -2.18. The van der Waals surface area contributed by atoms with E-state index < -0.39 is 5.97 Å². The van der Waals surface area contributed by atoms with Gasteiger partial charge in [0.1, 0.15) is 12.4 Å². The second-order valence-electron chi connectivity index (χ2n) is 4.81. The molecule has 0 saturated carbocycles. The molecule has 1 saturated heterocycles. The summed E-state index contributed by atoms with van der Waals surface area (Å²) in [6.45, 7) is 2.50. The Morgan fingerprint density at radius 3 is 3.00 bits per heavy atom. The van der Waals surface area contributed by atoms with Crippen molar-refractivity contribution in [2.24, 2.45) is 0 Å². The predicted octanol–water partition coefficient (Wildman–Crippen LogP) is 3.38. The van der Waals surface area contributed by atoms with Crippen molar-refractivity contribution >= 4 is 23.6 Å². The zero-order chi connectivity index (χ0) is 14.5. The molecule has 5 heteroatoms. The van der Waals surface area contributed by atoms with Crippen LogP contribution in [-0.2, 0) is 9.53 Å². The van der Waals surface area contributed by atoms with Crippen molar-refractivity contribution in [3.8, 4) is 5.75 Å². The van der Waals surface area contributed by atoms with Crippen molar-refractivity contribution in [2.75, 3.05) is 6.61 Å². The molecule has 2 rings (SSSR count). The zero-order valence-electron chi connectivity index (χ0n) is 11.2. The maximum Gasteiger partial charge on any atom is 0.328 e. The fourth-order valence-corrected chi connectivity index (χ4v) is 2.31. The molecule has 1 aromatic carbocycles. The quantitative estimate of drug-likeness (QED) is 0.846. The van der Waals surface area contributed by atoms with Crippen molar-refractivity contribution in [3.63, 3.8) is 0 Å². The van der Waals surface area contributed by atoms with E-state index in [0.717, 1.165) is 18.9 Å². The number of carboxylic acids is 1. The second-order valence-corrected chi connectivity index (χ2v) is 5.25. The number of rotatable bonds is 5. The normalized spacial score (nSPS) is 22.3. The lowest BCUT2D eigenvalue weighted by atomic mass is 10.2. The molecule has 0 aliphatic carbocycles. The molecule has 0 radical (unpaired) electrons. The monoisotopic (exact) mass is 296 g/mol. The van der Waals surface area contributed by atoms with E-state index in [9.17, 15) is 4.79 Å². The summed E-state index contributed by atoms with van der Waals surface area (Å²) in [7, 11) is 0. The molecule has 1 N–H and O–H groups in total. The molecule has 2 atom stereocenters. The molecule has 1 aromatic rings. The SMILES string of the molecule is CC1CCC(COc2ccc(Cl)cc2/C=C/C(=O)O)O1. The first-order valence-corrected chi connectivity index (χ1v) is 6.91. The van der Waals surface area contributed by atoms with Gasteiger partial charge in [0.05, 0.1) is 12.2 Å². The third kappa shape index (κ3) is 4.25. The maximum atomic E-state index is 10.6. The van der Waals surface area contributed by atoms with Crippen LogP contribution in [0.2, 0.25) is 5.02 Å². The molecule has 1 heterocycles. The molecule has 20 heavy (non-hydrogen) atoms. The van der Waals surface area contributed by atoms with Crippen LogP contribution in [0.5, 0.6) is 5.75 Å². The van der Waals surface area contributed by atoms with Gasteiger partial charge in [-0.2, -0.15) is 0 Å². The minimum atomic E-state index is -1.01. The number of ether oxygens (including phenoxy) is 2. The van der Waals surface area contributed by atoms with E-state index in [1.807, 2.05) is 6.92 Å². The fourth-order valence-electron chi connectivity index (χ4n) is 2.13. The average molecular weight is 297 g/mol. The second kappa shape index (κ2) is 6.77. The Kier molecular flexibility index (Phi) is 5.04. The number of carboxylic acid groups (broad SMARTS) is 1. The van der Waals surface area contributed by atoms with Gasteiger partial charge in [0.25, 0.3) is 0 Å². The van der Waals surface area contributed by atoms with Crippen LogP contribution >= 0.6 is 11.6 Å². The highest BCUT2D eigenvalue weighted by Crippen LogP contribution is 2.26. The van der Waals surface area contributed by atoms with Gasteiger partial charge >= 0.3 is 5.97 Å². The van der Waals surface area contributed by atoms with Crippen LogP contribution in [-0.4, -0.2) is 29.9 Å². The van der Waals surface area contributed by atoms with E-state index in [1.165, 1.54) is 6.08 Å². The standard InChI is InChI=1S/C15H17ClO4/c1-10-2-5-13(20-10)9-19-14-6-4-12(16)8-11(14)3-7-15(17)18/h3-4,6-8,10,13H,2,5,9H2,1H3,(H,17,18)/b7-3+. The summed E-state index contributed by atoms with van der Waals surface area (Å²) in [4.78, 5) is 10.6. The smallest absolute Gasteiger partial charge is 0.328 e. The highest BCUT2D eigenvalue weighted by atomic mass is 35.5. The summed E-state index contributed by atoms with van der Waals surface area (Å²) >= 11 is 5.92. The summed E-state index contributed by atoms with van der Waals surface area (Å²) < 4.78 is 11.4. The predicted molar refractivity (Wildman–Crippen MR) is 77.2 cm³/mol. The summed E-state index contributed by atoms with van der Waals surface area (Å²) in [5, 5.41) is 9.22. The van der Waals surface area contributed by atoms with Gasteiger partial charge in [-0.1, -0.05) is 11.6 Å². The first-order chi connectivity index (χ1) is 9.54. The molecular formula is C15H17ClO4. The van der Waals surface area contributed by atoms with Crippen LogP contribution in [0.15, 0.2) is 24.3 Å². The number of carbonyl (C=O) groups is 1. The van der Waals surface area contributed by atoms with Crippen LogP contribution in [0.1, 0.15) is 25.3 Å². The number of benzene rings is 1. The van der Waals surface area contributed by atoms with Gasteiger partial charge in [-0.05, 0) is 44.0 Å². The number of hydrogen-bond donors (Lipinski definition) is 1. The fraction of sp³-hybridized carbons (Fsp3) is 0.400. The van der Waals surface area contributed by atoms with Crippen molar-refractivity contribution in [1.82, 2.24) is 0 Å². The Balaban J connectivity index is 2.04. The largest absolute Gasteiger partial charge is 0.490 e. The lowest BCUT2D eigenvalue weighted by molar-refractivity contribution is -0.131. The van der Waals surface area contributed by atoms with Crippen LogP contribution in [0, 0.1) is 0 Å². The number of hydrogen-bond acceptors (Lipinski definition) is 3. The van der Waals surface area contributed by atoms with Gasteiger partial charge in [0.2, 0.25) is 0 Å². The van der Waals surface area contributed by atoms with Crippen LogP contribution < -0.4 is 4.74 Å². The van der Waals surface area contributed by atoms with E-state index >= 15 is 0 Å². The number of halogens is 1. The van der Waals surface area contributed by atoms with E-state index in [-0.39, 0.29) is 12.2 Å². The van der Waals surface area contributed by atoms with Crippen LogP contribution in [0.4, 0.5) is 0 Å². The zero-order valence-corrected chi connectivity index (χ0v) is 12.0. The van der Waals surface area contributed by atoms with Crippen molar-refractivity contribution in [3.05, 3.63) is 34.9 Å². The van der Waals surface area contributed by atoms with Crippen LogP contribution in [0.3, 0.4) is 0 Å². The summed E-state index contributed by atoms with van der Waals surface area (Å²) in [5.74, 6) is -0.404. The molecule has 1 aliphatic rings. The van der Waals surface area contributed by atoms with E-state index in [0.29, 0.717) is 22.9 Å². The minimum Gasteiger partial charge on any atom is -0.490 e. The molecule has 2 unspecified atom stereocenters. The molecule has 0 spiro atoms. The van der Waals surface area contributed by atoms with Crippen molar-refractivity contribution in [2.45, 2.75) is 32.0 Å².